The number of aliphatic hydroxyl groups is 3. The van der Waals surface area contributed by atoms with Gasteiger partial charge in [-0.1, -0.05) is 64.5 Å². The summed E-state index contributed by atoms with van der Waals surface area (Å²) in [4.78, 5) is 14.4. The minimum Gasteiger partial charge on any atom is -0.494 e. The van der Waals surface area contributed by atoms with Crippen LogP contribution >= 0.6 is 0 Å². The van der Waals surface area contributed by atoms with Crippen molar-refractivity contribution in [2.75, 3.05) is 20.8 Å². The summed E-state index contributed by atoms with van der Waals surface area (Å²) in [6.07, 6.45) is 10.6. The van der Waals surface area contributed by atoms with Gasteiger partial charge in [0.15, 0.2) is 18.4 Å². The molecule has 1 spiro atoms. The Labute approximate surface area is 373 Å². The molecule has 3 N–H and O–H groups in total. The summed E-state index contributed by atoms with van der Waals surface area (Å²) in [5.41, 5.74) is -0.297. The van der Waals surface area contributed by atoms with Crippen molar-refractivity contribution in [3.05, 3.63) is 59.4 Å². The monoisotopic (exact) mass is 887 g/mol. The molecule has 4 fully saturated rings. The molecule has 2 bridgehead atoms. The second kappa shape index (κ2) is 20.2. The lowest BCUT2D eigenvalue weighted by atomic mass is 9.68. The van der Waals surface area contributed by atoms with E-state index in [9.17, 15) is 20.1 Å². The van der Waals surface area contributed by atoms with Gasteiger partial charge in [-0.3, -0.25) is 4.79 Å². The molecule has 0 aromatic rings. The first-order valence-corrected chi connectivity index (χ1v) is 23.4. The van der Waals surface area contributed by atoms with Gasteiger partial charge in [0.2, 0.25) is 0 Å². The Morgan fingerprint density at radius 1 is 0.889 bits per heavy atom. The smallest absolute Gasteiger partial charge is 0.316 e. The van der Waals surface area contributed by atoms with Crippen molar-refractivity contribution >= 4 is 5.97 Å². The summed E-state index contributed by atoms with van der Waals surface area (Å²) in [5, 5.41) is 34.3. The first kappa shape index (κ1) is 48.5. The molecule has 14 nitrogen and oxygen atoms in total. The zero-order chi connectivity index (χ0) is 45.4. The third-order valence-electron chi connectivity index (χ3n) is 14.7. The maximum atomic E-state index is 14.4. The quantitative estimate of drug-likeness (QED) is 0.183. The van der Waals surface area contributed by atoms with E-state index in [0.29, 0.717) is 37.7 Å². The first-order chi connectivity index (χ1) is 30.0. The van der Waals surface area contributed by atoms with E-state index in [2.05, 4.69) is 39.8 Å². The molecule has 7 aliphatic rings. The number of hydrogen-bond acceptors (Lipinski definition) is 14. The molecular formula is C49H74O14. The van der Waals surface area contributed by atoms with Gasteiger partial charge in [-0.2, -0.15) is 0 Å². The zero-order valence-electron chi connectivity index (χ0n) is 38.9. The van der Waals surface area contributed by atoms with Crippen molar-refractivity contribution in [2.45, 2.75) is 191 Å². The van der Waals surface area contributed by atoms with Crippen LogP contribution in [0.25, 0.3) is 0 Å². The molecule has 20 atom stereocenters. The Morgan fingerprint density at radius 2 is 1.60 bits per heavy atom. The van der Waals surface area contributed by atoms with Crippen LogP contribution in [0.4, 0.5) is 0 Å². The van der Waals surface area contributed by atoms with E-state index >= 15 is 0 Å². The number of fused-ring (bicyclic) bond motifs is 2. The number of hydrogen-bond donors (Lipinski definition) is 3. The molecule has 6 aliphatic heterocycles. The number of methoxy groups -OCH3 is 2. The van der Waals surface area contributed by atoms with Gasteiger partial charge in [0.05, 0.1) is 61.4 Å². The minimum absolute atomic E-state index is 0.0371. The number of ether oxygens (including phenoxy) is 10. The highest BCUT2D eigenvalue weighted by Gasteiger charge is 2.61. The van der Waals surface area contributed by atoms with E-state index in [1.54, 1.807) is 40.2 Å². The molecule has 14 heteroatoms. The highest BCUT2D eigenvalue weighted by Crippen LogP contribution is 2.49. The van der Waals surface area contributed by atoms with Crippen molar-refractivity contribution in [3.63, 3.8) is 0 Å². The molecule has 4 saturated heterocycles. The first-order valence-electron chi connectivity index (χ1n) is 23.4. The van der Waals surface area contributed by atoms with Gasteiger partial charge < -0.3 is 62.7 Å². The van der Waals surface area contributed by atoms with E-state index in [1.165, 1.54) is 0 Å². The summed E-state index contributed by atoms with van der Waals surface area (Å²) in [6, 6.07) is 0. The topological polar surface area (TPSA) is 170 Å². The lowest BCUT2D eigenvalue weighted by molar-refractivity contribution is -0.318. The van der Waals surface area contributed by atoms with Crippen LogP contribution in [0.3, 0.4) is 0 Å². The molecule has 0 aromatic carbocycles. The Bertz CT molecular complexity index is 1740. The second-order valence-electron chi connectivity index (χ2n) is 19.4. The molecule has 63 heavy (non-hydrogen) atoms. The molecule has 6 heterocycles. The largest absolute Gasteiger partial charge is 0.494 e. The van der Waals surface area contributed by atoms with Gasteiger partial charge in [0.25, 0.3) is 0 Å². The lowest BCUT2D eigenvalue weighted by Crippen LogP contribution is -2.56. The molecule has 0 saturated carbocycles. The van der Waals surface area contributed by atoms with Crippen LogP contribution in [0.15, 0.2) is 59.4 Å². The fourth-order valence-corrected chi connectivity index (χ4v) is 11.0. The van der Waals surface area contributed by atoms with Gasteiger partial charge in [-0.15, -0.1) is 0 Å². The highest BCUT2D eigenvalue weighted by atomic mass is 16.7. The predicted octanol–water partition coefficient (Wildman–Crippen LogP) is 5.97. The maximum Gasteiger partial charge on any atom is 0.316 e. The molecule has 1 aliphatic carbocycles. The summed E-state index contributed by atoms with van der Waals surface area (Å²) in [5.74, 6) is -3.14. The standard InChI is InChI=1S/C49H74O14/c1-11-13-26(2)45-29(5)18-19-48(63-45)24-34-21-33(62-48)17-16-28(4)44(27(3)14-12-15-39-49(53)35(47(52)59-34)20-30(6)42(50)36(49)25-56-39)60-41-23-38(55-10)46(32(8)58-41)61-40-22-37(54-9)43(51)31(7)57-40/h12,14-16,18-20,26-27,29,31-38,40-46,50-51,53H,11,13,17,21-25H2,1-10H3/t26-,27-,29-,31-,32-,33+,34-,35-,36+,37-,38-,40-,41-,42+,43-,44-,45+,46-,48+,49+/m1/s1. The Balaban J connectivity index is 1.18. The van der Waals surface area contributed by atoms with Gasteiger partial charge in [-0.25, -0.2) is 0 Å². The van der Waals surface area contributed by atoms with Crippen molar-refractivity contribution in [2.24, 2.45) is 29.6 Å². The van der Waals surface area contributed by atoms with Crippen LogP contribution in [0.1, 0.15) is 100 Å². The molecule has 0 amide bonds. The van der Waals surface area contributed by atoms with Crippen LogP contribution in [0.2, 0.25) is 0 Å². The minimum atomic E-state index is -1.84. The summed E-state index contributed by atoms with van der Waals surface area (Å²) >= 11 is 0. The van der Waals surface area contributed by atoms with Gasteiger partial charge in [0, 0.05) is 51.7 Å². The van der Waals surface area contributed by atoms with Crippen molar-refractivity contribution in [3.8, 4) is 0 Å². The van der Waals surface area contributed by atoms with Gasteiger partial charge in [-0.05, 0) is 69.8 Å². The summed E-state index contributed by atoms with van der Waals surface area (Å²) in [6.45, 7) is 16.2. The van der Waals surface area contributed by atoms with Crippen molar-refractivity contribution in [1.82, 2.24) is 0 Å². The van der Waals surface area contributed by atoms with Crippen LogP contribution in [-0.4, -0.2) is 133 Å². The molecule has 0 radical (unpaired) electrons. The average molecular weight is 887 g/mol. The number of rotatable bonds is 9. The van der Waals surface area contributed by atoms with Crippen molar-refractivity contribution in [1.29, 1.82) is 0 Å². The maximum absolute atomic E-state index is 14.4. The van der Waals surface area contributed by atoms with E-state index in [1.807, 2.05) is 32.1 Å². The van der Waals surface area contributed by atoms with Crippen LogP contribution in [-0.2, 0) is 52.2 Å². The SMILES string of the molecule is CCC[C@@H](C)[C@@H]1O[C@@]2(C=C[C@H]1C)C[C@H]1C[C@H](CC=C(C)[C@H](O[C@@H]3C[C@@H](OC)[C@H](O[C@@H]4C[C@@H](OC)[C@H](O)[C@@H](C)O4)[C@@H](C)O3)[C@H](C)C=CC=C3OC[C@H]4[C@@H](O)C(C)=C[C@H](C(=O)O1)[C@@]34O)O2. The van der Waals surface area contributed by atoms with E-state index < -0.39 is 90.6 Å². The fourth-order valence-electron chi connectivity index (χ4n) is 11.0. The van der Waals surface area contributed by atoms with Crippen LogP contribution in [0.5, 0.6) is 0 Å². The molecule has 7 rings (SSSR count). The molecule has 0 unspecified atom stereocenters. The molecular weight excluding hydrogens is 813 g/mol. The highest BCUT2D eigenvalue weighted by molar-refractivity contribution is 5.78. The number of allylic oxidation sites excluding steroid dienone is 2. The zero-order valence-corrected chi connectivity index (χ0v) is 38.9. The number of esters is 1. The number of aliphatic hydroxyl groups excluding tert-OH is 2. The number of carbonyl (C=O) groups excluding carboxylic acids is 1. The van der Waals surface area contributed by atoms with Crippen molar-refractivity contribution < 1.29 is 67.5 Å². The predicted molar refractivity (Wildman–Crippen MR) is 232 cm³/mol. The second-order valence-corrected chi connectivity index (χ2v) is 19.4. The lowest BCUT2D eigenvalue weighted by Gasteiger charge is -2.48. The normalized spacial score (nSPS) is 46.3. The fraction of sp³-hybridized carbons (Fsp3) is 0.776. The number of carbonyl (C=O) groups is 1. The van der Waals surface area contributed by atoms with E-state index in [4.69, 9.17) is 47.4 Å². The Hall–Kier alpha value is -2.47. The third-order valence-corrected chi connectivity index (χ3v) is 14.7. The third kappa shape index (κ3) is 10.1. The molecule has 354 valence electrons. The van der Waals surface area contributed by atoms with Crippen LogP contribution in [0, 0.1) is 29.6 Å². The Kier molecular flexibility index (Phi) is 15.5. The molecule has 0 aromatic heterocycles. The van der Waals surface area contributed by atoms with E-state index in [-0.39, 0.29) is 48.4 Å². The van der Waals surface area contributed by atoms with E-state index in [0.717, 1.165) is 18.4 Å². The van der Waals surface area contributed by atoms with Crippen LogP contribution < -0.4 is 0 Å². The summed E-state index contributed by atoms with van der Waals surface area (Å²) < 4.78 is 63.9. The van der Waals surface area contributed by atoms with Gasteiger partial charge in [0.1, 0.15) is 35.6 Å². The van der Waals surface area contributed by atoms with Gasteiger partial charge >= 0.3 is 5.97 Å². The average Bonchev–Trinajstić information content (AvgIpc) is 3.59. The summed E-state index contributed by atoms with van der Waals surface area (Å²) in [7, 11) is 3.22. The Morgan fingerprint density at radius 3 is 2.33 bits per heavy atom.